The van der Waals surface area contributed by atoms with Gasteiger partial charge in [-0.2, -0.15) is 0 Å². The van der Waals surface area contributed by atoms with Crippen LogP contribution in [0.3, 0.4) is 0 Å². The Morgan fingerprint density at radius 1 is 1.08 bits per heavy atom. The maximum Gasteiger partial charge on any atom is 0.256 e. The van der Waals surface area contributed by atoms with Crippen molar-refractivity contribution in [3.63, 3.8) is 0 Å². The van der Waals surface area contributed by atoms with Gasteiger partial charge in [0.05, 0.1) is 13.1 Å². The number of carbonyl (C=O) groups is 2. The summed E-state index contributed by atoms with van der Waals surface area (Å²) in [5, 5.41) is 9.77. The molecule has 4 rings (SSSR count). The second kappa shape index (κ2) is 12.5. The SMILES string of the molecule is Cc1csc(-c2ccc(C)c(N(CC(=O)NCCCC(C)C)CC(=O)N(C)N3Cc4ccccc4C3)c2)n1. The molecule has 1 aliphatic rings. The third-order valence-electron chi connectivity index (χ3n) is 6.97. The number of anilines is 1. The van der Waals surface area contributed by atoms with E-state index in [0.29, 0.717) is 25.6 Å². The van der Waals surface area contributed by atoms with Crippen molar-refractivity contribution in [3.8, 4) is 10.6 Å². The summed E-state index contributed by atoms with van der Waals surface area (Å²) in [5.41, 5.74) is 6.34. The zero-order valence-electron chi connectivity index (χ0n) is 23.2. The number of aryl methyl sites for hydroxylation is 2. The van der Waals surface area contributed by atoms with E-state index in [1.807, 2.05) is 49.4 Å². The maximum absolute atomic E-state index is 13.6. The standard InChI is InChI=1S/C30H39N5O2S/c1-21(2)9-8-14-31-28(36)18-34(27-15-24(13-12-22(27)3)30-32-23(4)20-38-30)19-29(37)33(5)35-16-25-10-6-7-11-26(25)17-35/h6-7,10-13,15,20-21H,8-9,14,16-19H2,1-5H3,(H,31,36). The maximum atomic E-state index is 13.6. The Bertz CT molecular complexity index is 1250. The van der Waals surface area contributed by atoms with Crippen LogP contribution < -0.4 is 10.2 Å². The number of rotatable bonds is 11. The van der Waals surface area contributed by atoms with Crippen molar-refractivity contribution >= 4 is 28.8 Å². The van der Waals surface area contributed by atoms with Crippen molar-refractivity contribution in [1.29, 1.82) is 0 Å². The number of likely N-dealkylation sites (N-methyl/N-ethyl adjacent to an activating group) is 1. The van der Waals surface area contributed by atoms with Gasteiger partial charge in [0.2, 0.25) is 5.91 Å². The number of hydrazine groups is 1. The molecule has 0 fully saturated rings. The van der Waals surface area contributed by atoms with E-state index in [-0.39, 0.29) is 24.9 Å². The molecule has 1 aliphatic heterocycles. The second-order valence-corrected chi connectivity index (χ2v) is 11.4. The van der Waals surface area contributed by atoms with Crippen LogP contribution in [0.25, 0.3) is 10.6 Å². The molecule has 0 unspecified atom stereocenters. The lowest BCUT2D eigenvalue weighted by Crippen LogP contribution is -2.48. The Balaban J connectivity index is 1.52. The number of benzene rings is 2. The molecule has 1 N–H and O–H groups in total. The van der Waals surface area contributed by atoms with E-state index < -0.39 is 0 Å². The molecule has 0 radical (unpaired) electrons. The Kier molecular flexibility index (Phi) is 9.17. The monoisotopic (exact) mass is 533 g/mol. The average molecular weight is 534 g/mol. The molecule has 2 aromatic carbocycles. The second-order valence-electron chi connectivity index (χ2n) is 10.5. The predicted molar refractivity (Wildman–Crippen MR) is 155 cm³/mol. The zero-order valence-corrected chi connectivity index (χ0v) is 24.0. The van der Waals surface area contributed by atoms with E-state index in [4.69, 9.17) is 0 Å². The molecule has 2 amide bonds. The van der Waals surface area contributed by atoms with Crippen LogP contribution in [0.1, 0.15) is 49.1 Å². The highest BCUT2D eigenvalue weighted by Gasteiger charge is 2.27. The molecule has 0 saturated heterocycles. The highest BCUT2D eigenvalue weighted by atomic mass is 32.1. The molecular formula is C30H39N5O2S. The molecule has 0 spiro atoms. The molecule has 0 aliphatic carbocycles. The van der Waals surface area contributed by atoms with Crippen molar-refractivity contribution in [2.45, 2.75) is 53.6 Å². The van der Waals surface area contributed by atoms with Gasteiger partial charge < -0.3 is 10.2 Å². The van der Waals surface area contributed by atoms with Crippen LogP contribution >= 0.6 is 11.3 Å². The lowest BCUT2D eigenvalue weighted by atomic mass is 10.1. The average Bonchev–Trinajstić information content (AvgIpc) is 3.52. The summed E-state index contributed by atoms with van der Waals surface area (Å²) in [6.07, 6.45) is 2.01. The highest BCUT2D eigenvalue weighted by Crippen LogP contribution is 2.30. The highest BCUT2D eigenvalue weighted by molar-refractivity contribution is 7.13. The molecule has 7 nitrogen and oxygen atoms in total. The summed E-state index contributed by atoms with van der Waals surface area (Å²) in [5.74, 6) is 0.473. The third-order valence-corrected chi connectivity index (χ3v) is 7.98. The number of amides is 2. The van der Waals surface area contributed by atoms with Crippen molar-refractivity contribution in [2.75, 3.05) is 31.6 Å². The Morgan fingerprint density at radius 2 is 1.79 bits per heavy atom. The molecule has 3 aromatic rings. The Hall–Kier alpha value is -3.23. The molecule has 0 atom stereocenters. The molecule has 1 aromatic heterocycles. The van der Waals surface area contributed by atoms with Crippen LogP contribution in [-0.4, -0.2) is 53.5 Å². The molecule has 202 valence electrons. The van der Waals surface area contributed by atoms with Gasteiger partial charge in [-0.25, -0.2) is 9.99 Å². The minimum absolute atomic E-state index is 0.0553. The Morgan fingerprint density at radius 3 is 2.42 bits per heavy atom. The minimum Gasteiger partial charge on any atom is -0.355 e. The number of carbonyl (C=O) groups excluding carboxylic acids is 2. The van der Waals surface area contributed by atoms with Crippen LogP contribution in [0.4, 0.5) is 5.69 Å². The summed E-state index contributed by atoms with van der Waals surface area (Å²) in [6.45, 7) is 10.6. The van der Waals surface area contributed by atoms with Gasteiger partial charge in [-0.05, 0) is 55.4 Å². The summed E-state index contributed by atoms with van der Waals surface area (Å²) < 4.78 is 0. The zero-order chi connectivity index (χ0) is 27.2. The lowest BCUT2D eigenvalue weighted by molar-refractivity contribution is -0.145. The first-order valence-corrected chi connectivity index (χ1v) is 14.2. The van der Waals surface area contributed by atoms with E-state index in [1.54, 1.807) is 16.3 Å². The van der Waals surface area contributed by atoms with Gasteiger partial charge in [0.1, 0.15) is 5.01 Å². The van der Waals surface area contributed by atoms with Gasteiger partial charge in [-0.1, -0.05) is 50.2 Å². The number of hydrogen-bond donors (Lipinski definition) is 1. The summed E-state index contributed by atoms with van der Waals surface area (Å²) in [4.78, 5) is 33.1. The minimum atomic E-state index is -0.0762. The van der Waals surface area contributed by atoms with Crippen LogP contribution in [-0.2, 0) is 22.7 Å². The lowest BCUT2D eigenvalue weighted by Gasteiger charge is -2.32. The van der Waals surface area contributed by atoms with Crippen LogP contribution in [0.5, 0.6) is 0 Å². The normalized spacial score (nSPS) is 13.0. The molecule has 38 heavy (non-hydrogen) atoms. The molecule has 8 heteroatoms. The first-order chi connectivity index (χ1) is 18.2. The van der Waals surface area contributed by atoms with E-state index >= 15 is 0 Å². The largest absolute Gasteiger partial charge is 0.355 e. The van der Waals surface area contributed by atoms with Crippen LogP contribution in [0, 0.1) is 19.8 Å². The van der Waals surface area contributed by atoms with Gasteiger partial charge in [0.15, 0.2) is 0 Å². The summed E-state index contributed by atoms with van der Waals surface area (Å²) in [6, 6.07) is 14.4. The quantitative estimate of drug-likeness (QED) is 0.344. The van der Waals surface area contributed by atoms with Gasteiger partial charge in [0, 0.05) is 49.0 Å². The van der Waals surface area contributed by atoms with Crippen molar-refractivity contribution in [2.24, 2.45) is 5.92 Å². The number of nitrogens with zero attached hydrogens (tertiary/aromatic N) is 4. The summed E-state index contributed by atoms with van der Waals surface area (Å²) in [7, 11) is 1.82. The number of fused-ring (bicyclic) bond motifs is 1. The van der Waals surface area contributed by atoms with Gasteiger partial charge >= 0.3 is 0 Å². The van der Waals surface area contributed by atoms with E-state index in [1.165, 1.54) is 11.1 Å². The fourth-order valence-corrected chi connectivity index (χ4v) is 5.51. The number of hydrogen-bond acceptors (Lipinski definition) is 6. The fourth-order valence-electron chi connectivity index (χ4n) is 4.71. The van der Waals surface area contributed by atoms with Crippen molar-refractivity contribution in [3.05, 3.63) is 70.2 Å². The number of thiazole rings is 1. The molecule has 0 saturated carbocycles. The predicted octanol–water partition coefficient (Wildman–Crippen LogP) is 5.17. The van der Waals surface area contributed by atoms with Gasteiger partial charge in [-0.15, -0.1) is 11.3 Å². The van der Waals surface area contributed by atoms with Gasteiger partial charge in [0.25, 0.3) is 5.91 Å². The fraction of sp³-hybridized carbons (Fsp3) is 0.433. The molecular weight excluding hydrogens is 494 g/mol. The third kappa shape index (κ3) is 6.99. The number of nitrogens with one attached hydrogen (secondary N) is 1. The Labute approximate surface area is 230 Å². The van der Waals surface area contributed by atoms with Crippen molar-refractivity contribution in [1.82, 2.24) is 20.3 Å². The molecule has 0 bridgehead atoms. The van der Waals surface area contributed by atoms with Crippen molar-refractivity contribution < 1.29 is 9.59 Å². The smallest absolute Gasteiger partial charge is 0.256 e. The molecule has 2 heterocycles. The summed E-state index contributed by atoms with van der Waals surface area (Å²) >= 11 is 1.60. The van der Waals surface area contributed by atoms with Gasteiger partial charge in [-0.3, -0.25) is 14.6 Å². The first-order valence-electron chi connectivity index (χ1n) is 13.3. The topological polar surface area (TPSA) is 68.8 Å². The van der Waals surface area contributed by atoms with Crippen LogP contribution in [0.2, 0.25) is 0 Å². The van der Waals surface area contributed by atoms with E-state index in [9.17, 15) is 9.59 Å². The van der Waals surface area contributed by atoms with E-state index in [2.05, 4.69) is 53.4 Å². The first kappa shape index (κ1) is 27.8. The number of aromatic nitrogens is 1. The van der Waals surface area contributed by atoms with Crippen LogP contribution in [0.15, 0.2) is 47.8 Å². The van der Waals surface area contributed by atoms with E-state index in [0.717, 1.165) is 40.4 Å².